The zero-order valence-electron chi connectivity index (χ0n) is 19.9. The number of ether oxygens (including phenoxy) is 4. The Morgan fingerprint density at radius 2 is 1.46 bits per heavy atom. The van der Waals surface area contributed by atoms with E-state index in [1.54, 1.807) is 31.4 Å². The van der Waals surface area contributed by atoms with Crippen LogP contribution < -0.4 is 14.2 Å². The van der Waals surface area contributed by atoms with Crippen LogP contribution in [0.4, 0.5) is 0 Å². The minimum Gasteiger partial charge on any atom is -0.496 e. The Morgan fingerprint density at radius 1 is 0.829 bits per heavy atom. The molecule has 1 N–H and O–H groups in total. The molecule has 7 heteroatoms. The second-order valence-corrected chi connectivity index (χ2v) is 8.12. The Kier molecular flexibility index (Phi) is 5.49. The van der Waals surface area contributed by atoms with Crippen molar-refractivity contribution in [2.75, 3.05) is 28.4 Å². The Bertz CT molecular complexity index is 1440. The number of para-hydroxylation sites is 1. The molecule has 1 aliphatic heterocycles. The highest BCUT2D eigenvalue weighted by molar-refractivity contribution is 6.07. The molecule has 7 nitrogen and oxygen atoms in total. The van der Waals surface area contributed by atoms with E-state index in [4.69, 9.17) is 18.9 Å². The molecular weight excluding hydrogens is 446 g/mol. The maximum absolute atomic E-state index is 13.5. The number of fused-ring (bicyclic) bond motifs is 3. The van der Waals surface area contributed by atoms with Crippen LogP contribution in [0.15, 0.2) is 78.4 Å². The number of hydrogen-bond donors (Lipinski definition) is 1. The van der Waals surface area contributed by atoms with Gasteiger partial charge in [0.05, 0.1) is 50.9 Å². The molecule has 1 aliphatic rings. The van der Waals surface area contributed by atoms with Crippen LogP contribution >= 0.6 is 0 Å². The number of esters is 1. The highest BCUT2D eigenvalue weighted by atomic mass is 16.5. The number of carbonyl (C=O) groups excluding carboxylic acids is 1. The second kappa shape index (κ2) is 8.52. The van der Waals surface area contributed by atoms with E-state index in [0.29, 0.717) is 39.8 Å². The summed E-state index contributed by atoms with van der Waals surface area (Å²) >= 11 is 0. The monoisotopic (exact) mass is 471 g/mol. The van der Waals surface area contributed by atoms with E-state index >= 15 is 0 Å². The fourth-order valence-corrected chi connectivity index (χ4v) is 4.87. The molecule has 0 spiro atoms. The first-order valence-electron chi connectivity index (χ1n) is 11.0. The lowest BCUT2D eigenvalue weighted by Gasteiger charge is -2.26. The molecule has 2 heterocycles. The van der Waals surface area contributed by atoms with Crippen LogP contribution in [0.3, 0.4) is 0 Å². The molecule has 0 aliphatic carbocycles. The molecule has 35 heavy (non-hydrogen) atoms. The average molecular weight is 472 g/mol. The average Bonchev–Trinajstić information content (AvgIpc) is 3.41. The molecule has 0 bridgehead atoms. The zero-order chi connectivity index (χ0) is 24.7. The van der Waals surface area contributed by atoms with Gasteiger partial charge in [0, 0.05) is 17.5 Å². The van der Waals surface area contributed by atoms with Gasteiger partial charge in [-0.2, -0.15) is 0 Å². The van der Waals surface area contributed by atoms with Crippen molar-refractivity contribution in [2.24, 2.45) is 0 Å². The topological polar surface area (TPSA) is 79.2 Å². The van der Waals surface area contributed by atoms with Gasteiger partial charge >= 0.3 is 5.97 Å². The molecule has 3 aromatic carbocycles. The maximum atomic E-state index is 13.5. The predicted molar refractivity (Wildman–Crippen MR) is 132 cm³/mol. The first-order valence-corrected chi connectivity index (χ1v) is 11.0. The van der Waals surface area contributed by atoms with Crippen molar-refractivity contribution < 1.29 is 28.8 Å². The largest absolute Gasteiger partial charge is 0.496 e. The van der Waals surface area contributed by atoms with Gasteiger partial charge in [0.15, 0.2) is 5.60 Å². The fraction of sp³-hybridized carbons (Fsp3) is 0.179. The summed E-state index contributed by atoms with van der Waals surface area (Å²) < 4.78 is 24.0. The molecular formula is C28H25NO6. The molecule has 1 unspecified atom stereocenters. The molecule has 0 amide bonds. The molecule has 0 radical (unpaired) electrons. The number of carbonyl (C=O) groups is 1. The van der Waals surface area contributed by atoms with E-state index < -0.39 is 11.6 Å². The van der Waals surface area contributed by atoms with Gasteiger partial charge in [0.25, 0.3) is 0 Å². The first-order chi connectivity index (χ1) is 17.0. The lowest BCUT2D eigenvalue weighted by molar-refractivity contribution is -0.138. The first kappa shape index (κ1) is 22.6. The van der Waals surface area contributed by atoms with Crippen LogP contribution in [-0.2, 0) is 15.1 Å². The van der Waals surface area contributed by atoms with Gasteiger partial charge in [-0.3, -0.25) is 0 Å². The van der Waals surface area contributed by atoms with Crippen LogP contribution in [0.5, 0.6) is 17.2 Å². The maximum Gasteiger partial charge on any atom is 0.339 e. The van der Waals surface area contributed by atoms with Gasteiger partial charge in [0.1, 0.15) is 22.8 Å². The Labute approximate surface area is 202 Å². The number of methoxy groups -OCH3 is 4. The summed E-state index contributed by atoms with van der Waals surface area (Å²) in [6.45, 7) is 0. The zero-order valence-corrected chi connectivity index (χ0v) is 19.9. The van der Waals surface area contributed by atoms with Gasteiger partial charge in [-0.25, -0.2) is 4.79 Å². The summed E-state index contributed by atoms with van der Waals surface area (Å²) in [6.07, 6.45) is 0. The van der Waals surface area contributed by atoms with Gasteiger partial charge in [-0.15, -0.1) is 0 Å². The van der Waals surface area contributed by atoms with Crippen molar-refractivity contribution in [1.29, 1.82) is 0 Å². The SMILES string of the molecule is COC(=O)C1=C(c2c(OC)cc(OC)cc2OC)n2c(cc3ccccc32)C1(O)c1ccccc1. The fourth-order valence-electron chi connectivity index (χ4n) is 4.87. The molecule has 0 saturated heterocycles. The van der Waals surface area contributed by atoms with Crippen molar-refractivity contribution in [3.8, 4) is 17.2 Å². The van der Waals surface area contributed by atoms with Gasteiger partial charge < -0.3 is 28.6 Å². The van der Waals surface area contributed by atoms with Gasteiger partial charge in [0.2, 0.25) is 0 Å². The van der Waals surface area contributed by atoms with Crippen molar-refractivity contribution in [2.45, 2.75) is 5.60 Å². The summed E-state index contributed by atoms with van der Waals surface area (Å²) in [7, 11) is 5.91. The minimum absolute atomic E-state index is 0.0636. The summed E-state index contributed by atoms with van der Waals surface area (Å²) in [4.78, 5) is 13.5. The molecule has 0 fully saturated rings. The normalized spacial score (nSPS) is 16.8. The molecule has 1 atom stereocenters. The Hall–Kier alpha value is -4.23. The summed E-state index contributed by atoms with van der Waals surface area (Å²) in [5.41, 5.74) is 1.03. The molecule has 1 aromatic heterocycles. The highest BCUT2D eigenvalue weighted by Gasteiger charge is 2.51. The molecule has 0 saturated carbocycles. The number of aliphatic hydroxyl groups is 1. The van der Waals surface area contributed by atoms with Crippen LogP contribution in [0.2, 0.25) is 0 Å². The summed E-state index contributed by atoms with van der Waals surface area (Å²) in [5.74, 6) is 0.688. The number of benzene rings is 3. The van der Waals surface area contributed by atoms with Crippen LogP contribution in [-0.4, -0.2) is 44.1 Å². The van der Waals surface area contributed by atoms with Crippen molar-refractivity contribution in [3.63, 3.8) is 0 Å². The van der Waals surface area contributed by atoms with E-state index in [1.165, 1.54) is 21.3 Å². The molecule has 5 rings (SSSR count). The summed E-state index contributed by atoms with van der Waals surface area (Å²) in [6, 6.07) is 22.1. The minimum atomic E-state index is -1.79. The smallest absolute Gasteiger partial charge is 0.339 e. The number of hydrogen-bond acceptors (Lipinski definition) is 6. The van der Waals surface area contributed by atoms with E-state index in [2.05, 4.69) is 0 Å². The van der Waals surface area contributed by atoms with Crippen LogP contribution in [0.25, 0.3) is 16.6 Å². The van der Waals surface area contributed by atoms with Gasteiger partial charge in [-0.1, -0.05) is 48.5 Å². The van der Waals surface area contributed by atoms with Crippen LogP contribution in [0, 0.1) is 0 Å². The van der Waals surface area contributed by atoms with Crippen molar-refractivity contribution >= 4 is 22.6 Å². The third-order valence-corrected chi connectivity index (χ3v) is 6.44. The summed E-state index contributed by atoms with van der Waals surface area (Å²) in [5, 5.41) is 13.4. The van der Waals surface area contributed by atoms with Crippen LogP contribution in [0.1, 0.15) is 16.8 Å². The number of aromatic nitrogens is 1. The van der Waals surface area contributed by atoms with Gasteiger partial charge in [-0.05, 0) is 17.7 Å². The highest BCUT2D eigenvalue weighted by Crippen LogP contribution is 2.53. The quantitative estimate of drug-likeness (QED) is 0.421. The van der Waals surface area contributed by atoms with E-state index in [1.807, 2.05) is 53.1 Å². The second-order valence-electron chi connectivity index (χ2n) is 8.12. The Balaban J connectivity index is 2.00. The lowest BCUT2D eigenvalue weighted by atomic mass is 9.83. The van der Waals surface area contributed by atoms with E-state index in [-0.39, 0.29) is 5.57 Å². The third kappa shape index (κ3) is 3.19. The third-order valence-electron chi connectivity index (χ3n) is 6.44. The van der Waals surface area contributed by atoms with Crippen molar-refractivity contribution in [3.05, 3.63) is 95.2 Å². The van der Waals surface area contributed by atoms with Crippen molar-refractivity contribution in [1.82, 2.24) is 4.57 Å². The Morgan fingerprint density at radius 3 is 2.06 bits per heavy atom. The standard InChI is InChI=1S/C28H25NO6/c1-32-19-15-21(33-2)24(22(16-19)34-3)26-25(27(30)35-4)28(31,18-11-6-5-7-12-18)23-14-17-10-8-9-13-20(17)29(23)26/h5-16,31H,1-4H3. The number of rotatable bonds is 6. The molecule has 178 valence electrons. The molecule has 4 aromatic rings. The predicted octanol–water partition coefficient (Wildman–Crippen LogP) is 4.35. The number of nitrogens with zero attached hydrogens (tertiary/aromatic N) is 1. The van der Waals surface area contributed by atoms with E-state index in [9.17, 15) is 9.90 Å². The lowest BCUT2D eigenvalue weighted by Crippen LogP contribution is -2.32. The van der Waals surface area contributed by atoms with E-state index in [0.717, 1.165) is 10.9 Å².